The van der Waals surface area contributed by atoms with Crippen LogP contribution in [0.4, 0.5) is 0 Å². The lowest BCUT2D eigenvalue weighted by Gasteiger charge is -2.19. The molecule has 0 spiro atoms. The summed E-state index contributed by atoms with van der Waals surface area (Å²) < 4.78 is 5.23. The molecule has 0 radical (unpaired) electrons. The Bertz CT molecular complexity index is 199. The highest BCUT2D eigenvalue weighted by Crippen LogP contribution is 2.15. The van der Waals surface area contributed by atoms with Crippen LogP contribution in [0.15, 0.2) is 0 Å². The van der Waals surface area contributed by atoms with Crippen LogP contribution in [-0.4, -0.2) is 50.8 Å². The van der Waals surface area contributed by atoms with E-state index in [-0.39, 0.29) is 0 Å². The van der Waals surface area contributed by atoms with Crippen LogP contribution in [0.2, 0.25) is 0 Å². The van der Waals surface area contributed by atoms with Crippen molar-refractivity contribution in [3.8, 4) is 0 Å². The summed E-state index contributed by atoms with van der Waals surface area (Å²) in [7, 11) is 1.81. The van der Waals surface area contributed by atoms with Crippen molar-refractivity contribution >= 4 is 0 Å². The summed E-state index contributed by atoms with van der Waals surface area (Å²) in [4.78, 5) is 2.56. The van der Waals surface area contributed by atoms with Crippen LogP contribution in [-0.2, 0) is 4.74 Å². The third kappa shape index (κ3) is 6.72. The number of methoxy groups -OCH3 is 1. The van der Waals surface area contributed by atoms with Crippen molar-refractivity contribution < 1.29 is 4.74 Å². The van der Waals surface area contributed by atoms with Crippen LogP contribution < -0.4 is 5.32 Å². The Hall–Kier alpha value is -0.120. The molecule has 2 atom stereocenters. The van der Waals surface area contributed by atoms with E-state index in [1.165, 1.54) is 51.7 Å². The lowest BCUT2D eigenvalue weighted by Crippen LogP contribution is -2.35. The quantitative estimate of drug-likeness (QED) is 0.608. The van der Waals surface area contributed by atoms with Gasteiger partial charge >= 0.3 is 0 Å². The molecule has 1 rings (SSSR count). The van der Waals surface area contributed by atoms with Gasteiger partial charge in [0.2, 0.25) is 0 Å². The molecular weight excluding hydrogens is 224 g/mol. The van der Waals surface area contributed by atoms with Gasteiger partial charge in [0.1, 0.15) is 0 Å². The zero-order valence-corrected chi connectivity index (χ0v) is 12.6. The molecule has 1 N–H and O–H groups in total. The highest BCUT2D eigenvalue weighted by Gasteiger charge is 2.21. The number of rotatable bonds is 10. The lowest BCUT2D eigenvalue weighted by atomic mass is 10.1. The van der Waals surface area contributed by atoms with Gasteiger partial charge in [0.05, 0.1) is 6.61 Å². The van der Waals surface area contributed by atoms with Gasteiger partial charge in [0, 0.05) is 32.8 Å². The Kier molecular flexibility index (Phi) is 8.64. The second kappa shape index (κ2) is 9.76. The fourth-order valence-electron chi connectivity index (χ4n) is 2.76. The van der Waals surface area contributed by atoms with Gasteiger partial charge in [-0.2, -0.15) is 0 Å². The molecule has 0 aromatic rings. The first-order valence-electron chi connectivity index (χ1n) is 7.71. The molecule has 1 fully saturated rings. The second-order valence-electron chi connectivity index (χ2n) is 5.76. The number of hydrogen-bond donors (Lipinski definition) is 1. The summed E-state index contributed by atoms with van der Waals surface area (Å²) in [5.74, 6) is 0.761. The van der Waals surface area contributed by atoms with E-state index in [2.05, 4.69) is 24.1 Å². The highest BCUT2D eigenvalue weighted by atomic mass is 16.5. The lowest BCUT2D eigenvalue weighted by molar-refractivity contribution is 0.153. The molecule has 1 aliphatic rings. The van der Waals surface area contributed by atoms with Crippen LogP contribution in [0, 0.1) is 5.92 Å². The van der Waals surface area contributed by atoms with Crippen molar-refractivity contribution in [2.24, 2.45) is 5.92 Å². The van der Waals surface area contributed by atoms with Gasteiger partial charge in [-0.3, -0.25) is 0 Å². The number of ether oxygens (including phenoxy) is 1. The van der Waals surface area contributed by atoms with Crippen molar-refractivity contribution in [1.82, 2.24) is 10.2 Å². The van der Waals surface area contributed by atoms with Gasteiger partial charge in [-0.15, -0.1) is 0 Å². The minimum absolute atomic E-state index is 0.675. The molecule has 3 heteroatoms. The predicted molar refractivity (Wildman–Crippen MR) is 78.0 cm³/mol. The van der Waals surface area contributed by atoms with Crippen molar-refractivity contribution in [3.05, 3.63) is 0 Å². The van der Waals surface area contributed by atoms with E-state index in [9.17, 15) is 0 Å². The summed E-state index contributed by atoms with van der Waals surface area (Å²) in [5.41, 5.74) is 0. The number of nitrogens with one attached hydrogen (secondary N) is 1. The minimum Gasteiger partial charge on any atom is -0.384 e. The van der Waals surface area contributed by atoms with E-state index in [0.29, 0.717) is 6.04 Å². The SMILES string of the molecule is CCCCCC(C)NCCN1CCC(COC)C1. The topological polar surface area (TPSA) is 24.5 Å². The standard InChI is InChI=1S/C15H32N2O/c1-4-5-6-7-14(2)16-9-11-17-10-8-15(12-17)13-18-3/h14-16H,4-13H2,1-3H3. The largest absolute Gasteiger partial charge is 0.384 e. The number of nitrogens with zero attached hydrogens (tertiary/aromatic N) is 1. The molecule has 0 aliphatic carbocycles. The van der Waals surface area contributed by atoms with E-state index in [4.69, 9.17) is 4.74 Å². The summed E-state index contributed by atoms with van der Waals surface area (Å²) in [6, 6.07) is 0.675. The molecular formula is C15H32N2O. The molecule has 2 unspecified atom stereocenters. The Morgan fingerprint density at radius 2 is 2.22 bits per heavy atom. The zero-order valence-electron chi connectivity index (χ0n) is 12.6. The van der Waals surface area contributed by atoms with Gasteiger partial charge in [-0.25, -0.2) is 0 Å². The maximum Gasteiger partial charge on any atom is 0.0503 e. The van der Waals surface area contributed by atoms with Gasteiger partial charge in [0.15, 0.2) is 0 Å². The zero-order chi connectivity index (χ0) is 13.2. The van der Waals surface area contributed by atoms with Gasteiger partial charge in [0.25, 0.3) is 0 Å². The average molecular weight is 256 g/mol. The predicted octanol–water partition coefficient (Wildman–Crippen LogP) is 2.51. The smallest absolute Gasteiger partial charge is 0.0503 e. The molecule has 1 heterocycles. The van der Waals surface area contributed by atoms with Crippen molar-refractivity contribution in [3.63, 3.8) is 0 Å². The fourth-order valence-corrected chi connectivity index (χ4v) is 2.76. The first-order chi connectivity index (χ1) is 8.76. The van der Waals surface area contributed by atoms with E-state index < -0.39 is 0 Å². The molecule has 18 heavy (non-hydrogen) atoms. The van der Waals surface area contributed by atoms with Crippen LogP contribution >= 0.6 is 0 Å². The van der Waals surface area contributed by atoms with E-state index in [1.54, 1.807) is 0 Å². The molecule has 1 saturated heterocycles. The van der Waals surface area contributed by atoms with E-state index in [1.807, 2.05) is 7.11 Å². The van der Waals surface area contributed by atoms with Gasteiger partial charge in [-0.1, -0.05) is 26.2 Å². The number of likely N-dealkylation sites (tertiary alicyclic amines) is 1. The summed E-state index contributed by atoms with van der Waals surface area (Å²) in [5, 5.41) is 3.64. The van der Waals surface area contributed by atoms with Crippen molar-refractivity contribution in [2.45, 2.75) is 52.0 Å². The minimum atomic E-state index is 0.675. The fraction of sp³-hybridized carbons (Fsp3) is 1.00. The molecule has 1 aliphatic heterocycles. The molecule has 108 valence electrons. The summed E-state index contributed by atoms with van der Waals surface area (Å²) in [6.07, 6.45) is 6.68. The molecule has 0 bridgehead atoms. The van der Waals surface area contributed by atoms with E-state index in [0.717, 1.165) is 19.1 Å². The third-order valence-corrected chi connectivity index (χ3v) is 3.93. The Morgan fingerprint density at radius 3 is 2.94 bits per heavy atom. The normalized spacial score (nSPS) is 22.5. The number of hydrogen-bond acceptors (Lipinski definition) is 3. The van der Waals surface area contributed by atoms with Crippen LogP contribution in [0.3, 0.4) is 0 Å². The maximum atomic E-state index is 5.23. The summed E-state index contributed by atoms with van der Waals surface area (Å²) in [6.45, 7) is 10.3. The second-order valence-corrected chi connectivity index (χ2v) is 5.76. The summed E-state index contributed by atoms with van der Waals surface area (Å²) >= 11 is 0. The molecule has 3 nitrogen and oxygen atoms in total. The molecule has 0 aromatic heterocycles. The highest BCUT2D eigenvalue weighted by molar-refractivity contribution is 4.76. The molecule has 0 amide bonds. The average Bonchev–Trinajstić information content (AvgIpc) is 2.78. The molecule has 0 saturated carbocycles. The first kappa shape index (κ1) is 15.9. The number of unbranched alkanes of at least 4 members (excludes halogenated alkanes) is 2. The Morgan fingerprint density at radius 1 is 1.39 bits per heavy atom. The molecule has 0 aromatic carbocycles. The van der Waals surface area contributed by atoms with Crippen LogP contribution in [0.5, 0.6) is 0 Å². The maximum absolute atomic E-state index is 5.23. The van der Waals surface area contributed by atoms with Crippen molar-refractivity contribution in [2.75, 3.05) is 39.9 Å². The van der Waals surface area contributed by atoms with Crippen molar-refractivity contribution in [1.29, 1.82) is 0 Å². The van der Waals surface area contributed by atoms with Crippen LogP contribution in [0.25, 0.3) is 0 Å². The Labute approximate surface area is 113 Å². The van der Waals surface area contributed by atoms with Gasteiger partial charge < -0.3 is 15.0 Å². The van der Waals surface area contributed by atoms with E-state index >= 15 is 0 Å². The first-order valence-corrected chi connectivity index (χ1v) is 7.71. The van der Waals surface area contributed by atoms with Gasteiger partial charge in [-0.05, 0) is 32.2 Å². The van der Waals surface area contributed by atoms with Crippen LogP contribution in [0.1, 0.15) is 46.0 Å². The Balaban J connectivity index is 1.97. The third-order valence-electron chi connectivity index (χ3n) is 3.93. The monoisotopic (exact) mass is 256 g/mol.